The SMILES string of the molecule is CCCn1cc(C(NN)c2ccc(F)cc2Br)cn1. The van der Waals surface area contributed by atoms with Gasteiger partial charge in [-0.1, -0.05) is 28.9 Å². The maximum atomic E-state index is 13.1. The zero-order valence-corrected chi connectivity index (χ0v) is 12.2. The Balaban J connectivity index is 2.32. The second-order valence-corrected chi connectivity index (χ2v) is 5.16. The fraction of sp³-hybridized carbons (Fsp3) is 0.308. The predicted molar refractivity (Wildman–Crippen MR) is 75.8 cm³/mol. The van der Waals surface area contributed by atoms with Crippen molar-refractivity contribution in [3.05, 3.63) is 52.0 Å². The lowest BCUT2D eigenvalue weighted by molar-refractivity contribution is 0.596. The van der Waals surface area contributed by atoms with Crippen LogP contribution in [0.5, 0.6) is 0 Å². The number of hydrogen-bond acceptors (Lipinski definition) is 3. The molecule has 1 unspecified atom stereocenters. The van der Waals surface area contributed by atoms with E-state index in [2.05, 4.69) is 33.4 Å². The van der Waals surface area contributed by atoms with E-state index in [4.69, 9.17) is 5.84 Å². The molecule has 0 saturated heterocycles. The molecule has 4 nitrogen and oxygen atoms in total. The third-order valence-corrected chi connectivity index (χ3v) is 3.57. The van der Waals surface area contributed by atoms with Crippen LogP contribution in [0, 0.1) is 5.82 Å². The van der Waals surface area contributed by atoms with Gasteiger partial charge in [0.1, 0.15) is 5.82 Å². The summed E-state index contributed by atoms with van der Waals surface area (Å²) in [5.74, 6) is 5.34. The quantitative estimate of drug-likeness (QED) is 0.656. The summed E-state index contributed by atoms with van der Waals surface area (Å²) in [5.41, 5.74) is 4.57. The summed E-state index contributed by atoms with van der Waals surface area (Å²) < 4.78 is 15.7. The minimum Gasteiger partial charge on any atom is -0.272 e. The zero-order valence-electron chi connectivity index (χ0n) is 10.6. The van der Waals surface area contributed by atoms with Crippen LogP contribution in [0.2, 0.25) is 0 Å². The smallest absolute Gasteiger partial charge is 0.124 e. The van der Waals surface area contributed by atoms with Crippen LogP contribution >= 0.6 is 15.9 Å². The molecule has 2 aromatic rings. The molecule has 1 aromatic carbocycles. The maximum Gasteiger partial charge on any atom is 0.124 e. The Morgan fingerprint density at radius 3 is 2.95 bits per heavy atom. The van der Waals surface area contributed by atoms with Crippen LogP contribution in [0.15, 0.2) is 35.1 Å². The number of aromatic nitrogens is 2. The summed E-state index contributed by atoms with van der Waals surface area (Å²) in [6.45, 7) is 2.96. The highest BCUT2D eigenvalue weighted by Crippen LogP contribution is 2.28. The van der Waals surface area contributed by atoms with Crippen LogP contribution in [-0.2, 0) is 6.54 Å². The van der Waals surface area contributed by atoms with Crippen LogP contribution in [-0.4, -0.2) is 9.78 Å². The lowest BCUT2D eigenvalue weighted by atomic mass is 10.0. The van der Waals surface area contributed by atoms with E-state index in [9.17, 15) is 4.39 Å². The Morgan fingerprint density at radius 2 is 2.32 bits per heavy atom. The normalized spacial score (nSPS) is 12.6. The minimum atomic E-state index is -0.284. The molecule has 3 N–H and O–H groups in total. The van der Waals surface area contributed by atoms with Gasteiger partial charge in [-0.2, -0.15) is 5.10 Å². The van der Waals surface area contributed by atoms with Crippen molar-refractivity contribution in [1.29, 1.82) is 0 Å². The molecule has 0 aliphatic rings. The highest BCUT2D eigenvalue weighted by Gasteiger charge is 2.17. The van der Waals surface area contributed by atoms with Crippen LogP contribution in [0.1, 0.15) is 30.5 Å². The van der Waals surface area contributed by atoms with Gasteiger partial charge in [-0.25, -0.2) is 9.82 Å². The van der Waals surface area contributed by atoms with Crippen molar-refractivity contribution < 1.29 is 4.39 Å². The Hall–Kier alpha value is -1.24. The average molecular weight is 327 g/mol. The molecule has 0 spiro atoms. The van der Waals surface area contributed by atoms with Gasteiger partial charge in [0.25, 0.3) is 0 Å². The molecule has 2 rings (SSSR count). The first kappa shape index (κ1) is 14.2. The highest BCUT2D eigenvalue weighted by molar-refractivity contribution is 9.10. The van der Waals surface area contributed by atoms with Crippen molar-refractivity contribution >= 4 is 15.9 Å². The standard InChI is InChI=1S/C13H16BrFN4/c1-2-5-19-8-9(7-17-19)13(18-16)11-4-3-10(15)6-12(11)14/h3-4,6-8,13,18H,2,5,16H2,1H3. The fourth-order valence-electron chi connectivity index (χ4n) is 1.98. The Kier molecular flexibility index (Phi) is 4.68. The topological polar surface area (TPSA) is 55.9 Å². The van der Waals surface area contributed by atoms with Crippen LogP contribution in [0.3, 0.4) is 0 Å². The van der Waals surface area contributed by atoms with E-state index in [-0.39, 0.29) is 11.9 Å². The Labute approximate surface area is 119 Å². The molecule has 0 aliphatic heterocycles. The maximum absolute atomic E-state index is 13.1. The number of benzene rings is 1. The van der Waals surface area contributed by atoms with Crippen molar-refractivity contribution in [2.45, 2.75) is 25.9 Å². The van der Waals surface area contributed by atoms with Gasteiger partial charge in [-0.15, -0.1) is 0 Å². The van der Waals surface area contributed by atoms with Crippen LogP contribution in [0.4, 0.5) is 4.39 Å². The number of nitrogens with zero attached hydrogens (tertiary/aromatic N) is 2. The largest absolute Gasteiger partial charge is 0.272 e. The third kappa shape index (κ3) is 3.20. The van der Waals surface area contributed by atoms with Gasteiger partial charge in [0.2, 0.25) is 0 Å². The molecule has 0 fully saturated rings. The fourth-order valence-corrected chi connectivity index (χ4v) is 2.56. The van der Waals surface area contributed by atoms with Gasteiger partial charge in [0.15, 0.2) is 0 Å². The van der Waals surface area contributed by atoms with Gasteiger partial charge >= 0.3 is 0 Å². The monoisotopic (exact) mass is 326 g/mol. The third-order valence-electron chi connectivity index (χ3n) is 2.88. The molecule has 0 amide bonds. The van der Waals surface area contributed by atoms with E-state index in [1.807, 2.05) is 10.9 Å². The van der Waals surface area contributed by atoms with E-state index in [0.29, 0.717) is 4.47 Å². The number of rotatable bonds is 5. The van der Waals surface area contributed by atoms with E-state index >= 15 is 0 Å². The second kappa shape index (κ2) is 6.27. The van der Waals surface area contributed by atoms with Gasteiger partial charge in [0, 0.05) is 22.8 Å². The first-order chi connectivity index (χ1) is 9.15. The second-order valence-electron chi connectivity index (χ2n) is 4.30. The Bertz CT molecular complexity index is 555. The molecule has 0 bridgehead atoms. The van der Waals surface area contributed by atoms with Crippen molar-refractivity contribution in [3.63, 3.8) is 0 Å². The molecule has 102 valence electrons. The van der Waals surface area contributed by atoms with Crippen molar-refractivity contribution in [2.24, 2.45) is 5.84 Å². The first-order valence-corrected chi connectivity index (χ1v) is 6.88. The molecule has 6 heteroatoms. The molecule has 1 aromatic heterocycles. The molecular weight excluding hydrogens is 311 g/mol. The molecule has 0 radical (unpaired) electrons. The van der Waals surface area contributed by atoms with Crippen LogP contribution < -0.4 is 11.3 Å². The zero-order chi connectivity index (χ0) is 13.8. The van der Waals surface area contributed by atoms with Gasteiger partial charge in [-0.3, -0.25) is 10.5 Å². The minimum absolute atomic E-state index is 0.222. The number of aryl methyl sites for hydroxylation is 1. The number of hydrogen-bond donors (Lipinski definition) is 2. The summed E-state index contributed by atoms with van der Waals surface area (Å²) in [5, 5.41) is 4.28. The van der Waals surface area contributed by atoms with Gasteiger partial charge in [-0.05, 0) is 24.1 Å². The number of hydrazine groups is 1. The van der Waals surface area contributed by atoms with Crippen molar-refractivity contribution in [2.75, 3.05) is 0 Å². The summed E-state index contributed by atoms with van der Waals surface area (Å²) in [6, 6.07) is 4.33. The Morgan fingerprint density at radius 1 is 1.53 bits per heavy atom. The number of nitrogens with one attached hydrogen (secondary N) is 1. The lowest BCUT2D eigenvalue weighted by Crippen LogP contribution is -2.28. The summed E-state index contributed by atoms with van der Waals surface area (Å²) >= 11 is 3.36. The van der Waals surface area contributed by atoms with Gasteiger partial charge in [0.05, 0.1) is 12.2 Å². The molecule has 0 aliphatic carbocycles. The molecule has 1 heterocycles. The average Bonchev–Trinajstić information content (AvgIpc) is 2.82. The number of halogens is 2. The van der Waals surface area contributed by atoms with E-state index in [1.54, 1.807) is 12.3 Å². The molecular formula is C13H16BrFN4. The summed E-state index contributed by atoms with van der Waals surface area (Å²) in [7, 11) is 0. The molecule has 0 saturated carbocycles. The summed E-state index contributed by atoms with van der Waals surface area (Å²) in [6.07, 6.45) is 4.74. The lowest BCUT2D eigenvalue weighted by Gasteiger charge is -2.16. The van der Waals surface area contributed by atoms with Crippen molar-refractivity contribution in [1.82, 2.24) is 15.2 Å². The summed E-state index contributed by atoms with van der Waals surface area (Å²) in [4.78, 5) is 0. The predicted octanol–water partition coefficient (Wildman–Crippen LogP) is 2.75. The van der Waals surface area contributed by atoms with Crippen molar-refractivity contribution in [3.8, 4) is 0 Å². The molecule has 1 atom stereocenters. The van der Waals surface area contributed by atoms with Crippen LogP contribution in [0.25, 0.3) is 0 Å². The highest BCUT2D eigenvalue weighted by atomic mass is 79.9. The number of nitrogens with two attached hydrogens (primary N) is 1. The van der Waals surface area contributed by atoms with E-state index in [1.165, 1.54) is 12.1 Å². The van der Waals surface area contributed by atoms with E-state index < -0.39 is 0 Å². The van der Waals surface area contributed by atoms with Gasteiger partial charge < -0.3 is 0 Å². The molecule has 19 heavy (non-hydrogen) atoms. The van der Waals surface area contributed by atoms with E-state index in [0.717, 1.165) is 24.1 Å². The first-order valence-electron chi connectivity index (χ1n) is 6.09.